The Labute approximate surface area is 99.1 Å². The van der Waals surface area contributed by atoms with Gasteiger partial charge in [-0.25, -0.2) is 0 Å². The van der Waals surface area contributed by atoms with E-state index >= 15 is 0 Å². The smallest absolute Gasteiger partial charge is 0.170 e. The number of carbonyl (C=O) groups excluding carboxylic acids is 1. The van der Waals surface area contributed by atoms with Gasteiger partial charge in [0, 0.05) is 7.05 Å². The van der Waals surface area contributed by atoms with E-state index in [0.29, 0.717) is 23.7 Å². The molecule has 17 heavy (non-hydrogen) atoms. The topological polar surface area (TPSA) is 57.0 Å². The summed E-state index contributed by atoms with van der Waals surface area (Å²) in [4.78, 5) is 10.9. The number of aldehydes is 1. The van der Waals surface area contributed by atoms with Crippen LogP contribution in [-0.4, -0.2) is 21.1 Å². The maximum absolute atomic E-state index is 10.9. The highest BCUT2D eigenvalue weighted by atomic mass is 16.5. The van der Waals surface area contributed by atoms with Crippen LogP contribution in [0.5, 0.6) is 5.75 Å². The summed E-state index contributed by atoms with van der Waals surface area (Å²) in [6.07, 6.45) is 2.40. The molecule has 0 spiro atoms. The Balaban J connectivity index is 2.14. The average molecular weight is 231 g/mol. The first-order valence-corrected chi connectivity index (χ1v) is 5.22. The SMILES string of the molecule is Cc1ccc(OCc2nncn2C)c(C=O)c1. The van der Waals surface area contributed by atoms with E-state index in [1.807, 2.05) is 20.0 Å². The van der Waals surface area contributed by atoms with Gasteiger partial charge in [-0.05, 0) is 19.1 Å². The first-order chi connectivity index (χ1) is 8.20. The van der Waals surface area contributed by atoms with Crippen molar-refractivity contribution in [3.8, 4) is 5.75 Å². The fraction of sp³-hybridized carbons (Fsp3) is 0.250. The minimum absolute atomic E-state index is 0.292. The molecule has 0 amide bonds. The Kier molecular flexibility index (Phi) is 3.18. The maximum Gasteiger partial charge on any atom is 0.170 e. The van der Waals surface area contributed by atoms with Crippen LogP contribution >= 0.6 is 0 Å². The lowest BCUT2D eigenvalue weighted by atomic mass is 10.1. The van der Waals surface area contributed by atoms with Crippen LogP contribution in [0.4, 0.5) is 0 Å². The molecule has 0 aliphatic heterocycles. The number of rotatable bonds is 4. The number of aromatic nitrogens is 3. The summed E-state index contributed by atoms with van der Waals surface area (Å²) in [7, 11) is 1.84. The molecule has 0 bridgehead atoms. The van der Waals surface area contributed by atoms with Crippen LogP contribution in [0.2, 0.25) is 0 Å². The van der Waals surface area contributed by atoms with Gasteiger partial charge < -0.3 is 9.30 Å². The van der Waals surface area contributed by atoms with E-state index in [1.165, 1.54) is 0 Å². The number of nitrogens with zero attached hydrogens (tertiary/aromatic N) is 3. The summed E-state index contributed by atoms with van der Waals surface area (Å²) in [5, 5.41) is 7.66. The van der Waals surface area contributed by atoms with Crippen LogP contribution in [0, 0.1) is 6.92 Å². The van der Waals surface area contributed by atoms with Crippen molar-refractivity contribution in [2.75, 3.05) is 0 Å². The van der Waals surface area contributed by atoms with E-state index in [1.54, 1.807) is 23.0 Å². The predicted octanol–water partition coefficient (Wildman–Crippen LogP) is 1.52. The van der Waals surface area contributed by atoms with Gasteiger partial charge in [0.25, 0.3) is 0 Å². The summed E-state index contributed by atoms with van der Waals surface area (Å²) in [6, 6.07) is 5.48. The molecule has 0 aliphatic rings. The highest BCUT2D eigenvalue weighted by Gasteiger charge is 2.06. The number of ether oxygens (including phenoxy) is 1. The standard InChI is InChI=1S/C12H13N3O2/c1-9-3-4-11(10(5-9)6-16)17-7-12-14-13-8-15(12)2/h3-6,8H,7H2,1-2H3. The van der Waals surface area contributed by atoms with Crippen molar-refractivity contribution >= 4 is 6.29 Å². The highest BCUT2D eigenvalue weighted by molar-refractivity contribution is 5.79. The van der Waals surface area contributed by atoms with E-state index in [0.717, 1.165) is 11.8 Å². The molecule has 2 rings (SSSR count). The summed E-state index contributed by atoms with van der Waals surface area (Å²) >= 11 is 0. The van der Waals surface area contributed by atoms with Crippen molar-refractivity contribution in [2.24, 2.45) is 7.05 Å². The van der Waals surface area contributed by atoms with Gasteiger partial charge in [-0.2, -0.15) is 0 Å². The quantitative estimate of drug-likeness (QED) is 0.748. The van der Waals surface area contributed by atoms with Crippen LogP contribution in [0.15, 0.2) is 24.5 Å². The van der Waals surface area contributed by atoms with E-state index in [9.17, 15) is 4.79 Å². The Bertz CT molecular complexity index is 534. The molecule has 0 N–H and O–H groups in total. The van der Waals surface area contributed by atoms with Crippen LogP contribution in [0.1, 0.15) is 21.7 Å². The van der Waals surface area contributed by atoms with Gasteiger partial charge in [-0.15, -0.1) is 10.2 Å². The molecule has 5 heteroatoms. The first-order valence-electron chi connectivity index (χ1n) is 5.22. The number of carbonyl (C=O) groups is 1. The molecule has 0 saturated heterocycles. The van der Waals surface area contributed by atoms with Crippen molar-refractivity contribution in [1.29, 1.82) is 0 Å². The van der Waals surface area contributed by atoms with Gasteiger partial charge in [0.05, 0.1) is 5.56 Å². The minimum atomic E-state index is 0.292. The normalized spacial score (nSPS) is 10.2. The van der Waals surface area contributed by atoms with Crippen molar-refractivity contribution in [1.82, 2.24) is 14.8 Å². The molecule has 1 aromatic carbocycles. The molecule has 2 aromatic rings. The van der Waals surface area contributed by atoms with Crippen molar-refractivity contribution in [3.63, 3.8) is 0 Å². The molecule has 0 unspecified atom stereocenters. The van der Waals surface area contributed by atoms with E-state index in [4.69, 9.17) is 4.74 Å². The zero-order valence-corrected chi connectivity index (χ0v) is 9.75. The Morgan fingerprint density at radius 1 is 1.47 bits per heavy atom. The van der Waals surface area contributed by atoms with Crippen molar-refractivity contribution in [3.05, 3.63) is 41.5 Å². The Morgan fingerprint density at radius 2 is 2.29 bits per heavy atom. The van der Waals surface area contributed by atoms with Crippen LogP contribution < -0.4 is 4.74 Å². The predicted molar refractivity (Wildman–Crippen MR) is 61.9 cm³/mol. The number of hydrogen-bond acceptors (Lipinski definition) is 4. The van der Waals surface area contributed by atoms with Gasteiger partial charge in [0.1, 0.15) is 18.7 Å². The van der Waals surface area contributed by atoms with Gasteiger partial charge in [-0.1, -0.05) is 11.6 Å². The Hall–Kier alpha value is -2.17. The molecule has 0 atom stereocenters. The molecule has 5 nitrogen and oxygen atoms in total. The second-order valence-electron chi connectivity index (χ2n) is 3.81. The summed E-state index contributed by atoms with van der Waals surface area (Å²) < 4.78 is 7.33. The zero-order chi connectivity index (χ0) is 12.3. The number of benzene rings is 1. The minimum Gasteiger partial charge on any atom is -0.485 e. The summed E-state index contributed by atoms with van der Waals surface area (Å²) in [5.74, 6) is 1.27. The van der Waals surface area contributed by atoms with Gasteiger partial charge in [0.15, 0.2) is 12.1 Å². The lowest BCUT2D eigenvalue weighted by Crippen LogP contribution is -2.04. The molecule has 0 saturated carbocycles. The van der Waals surface area contributed by atoms with Crippen molar-refractivity contribution < 1.29 is 9.53 Å². The fourth-order valence-corrected chi connectivity index (χ4v) is 1.47. The largest absolute Gasteiger partial charge is 0.485 e. The lowest BCUT2D eigenvalue weighted by Gasteiger charge is -2.08. The van der Waals surface area contributed by atoms with Gasteiger partial charge in [-0.3, -0.25) is 4.79 Å². The average Bonchev–Trinajstić information content (AvgIpc) is 2.73. The fourth-order valence-electron chi connectivity index (χ4n) is 1.47. The second kappa shape index (κ2) is 4.78. The molecule has 88 valence electrons. The van der Waals surface area contributed by atoms with Crippen LogP contribution in [0.3, 0.4) is 0 Å². The van der Waals surface area contributed by atoms with E-state index < -0.39 is 0 Å². The summed E-state index contributed by atoms with van der Waals surface area (Å²) in [5.41, 5.74) is 1.57. The zero-order valence-electron chi connectivity index (χ0n) is 9.75. The third-order valence-electron chi connectivity index (χ3n) is 2.45. The number of hydrogen-bond donors (Lipinski definition) is 0. The molecule has 1 heterocycles. The van der Waals surface area contributed by atoms with Gasteiger partial charge in [0.2, 0.25) is 0 Å². The summed E-state index contributed by atoms with van der Waals surface area (Å²) in [6.45, 7) is 2.22. The third-order valence-corrected chi connectivity index (χ3v) is 2.45. The molecular weight excluding hydrogens is 218 g/mol. The van der Waals surface area contributed by atoms with Crippen molar-refractivity contribution in [2.45, 2.75) is 13.5 Å². The maximum atomic E-state index is 10.9. The molecule has 0 aliphatic carbocycles. The van der Waals surface area contributed by atoms with Crippen LogP contribution in [-0.2, 0) is 13.7 Å². The lowest BCUT2D eigenvalue weighted by molar-refractivity contribution is 0.111. The Morgan fingerprint density at radius 3 is 2.94 bits per heavy atom. The van der Waals surface area contributed by atoms with Crippen LogP contribution in [0.25, 0.3) is 0 Å². The van der Waals surface area contributed by atoms with Gasteiger partial charge >= 0.3 is 0 Å². The molecule has 1 aromatic heterocycles. The first kappa shape index (κ1) is 11.3. The number of aryl methyl sites for hydroxylation is 2. The third kappa shape index (κ3) is 2.50. The highest BCUT2D eigenvalue weighted by Crippen LogP contribution is 2.19. The second-order valence-corrected chi connectivity index (χ2v) is 3.81. The molecule has 0 radical (unpaired) electrons. The molecule has 0 fully saturated rings. The molecular formula is C12H13N3O2. The van der Waals surface area contributed by atoms with E-state index in [-0.39, 0.29) is 0 Å². The monoisotopic (exact) mass is 231 g/mol. The van der Waals surface area contributed by atoms with E-state index in [2.05, 4.69) is 10.2 Å².